The first-order valence-electron chi connectivity index (χ1n) is 11.2. The summed E-state index contributed by atoms with van der Waals surface area (Å²) in [5.74, 6) is 0.333. The summed E-state index contributed by atoms with van der Waals surface area (Å²) in [6.07, 6.45) is 6.56. The first-order chi connectivity index (χ1) is 17.5. The number of rotatable bonds is 6. The molecule has 9 nitrogen and oxygen atoms in total. The number of para-hydroxylation sites is 1. The number of nitrogens with zero attached hydrogens (tertiary/aromatic N) is 4. The third kappa shape index (κ3) is 4.76. The third-order valence-corrected chi connectivity index (χ3v) is 5.60. The van der Waals surface area contributed by atoms with Crippen molar-refractivity contribution in [1.82, 2.24) is 24.8 Å². The van der Waals surface area contributed by atoms with Crippen LogP contribution in [0.5, 0.6) is 0 Å². The average molecular weight is 478 g/mol. The monoisotopic (exact) mass is 477 g/mol. The zero-order valence-electron chi connectivity index (χ0n) is 19.7. The van der Waals surface area contributed by atoms with Crippen LogP contribution in [-0.4, -0.2) is 50.7 Å². The van der Waals surface area contributed by atoms with Crippen LogP contribution in [0.1, 0.15) is 20.7 Å². The summed E-state index contributed by atoms with van der Waals surface area (Å²) in [7, 11) is 3.46. The summed E-state index contributed by atoms with van der Waals surface area (Å²) in [5, 5.41) is 6.09. The van der Waals surface area contributed by atoms with E-state index in [1.165, 1.54) is 0 Å². The maximum atomic E-state index is 12.8. The fourth-order valence-corrected chi connectivity index (χ4v) is 3.78. The fourth-order valence-electron chi connectivity index (χ4n) is 3.78. The van der Waals surface area contributed by atoms with Gasteiger partial charge in [0.05, 0.1) is 46.7 Å². The van der Waals surface area contributed by atoms with Crippen molar-refractivity contribution in [2.75, 3.05) is 24.7 Å². The molecule has 178 valence electrons. The number of aromatic nitrogens is 4. The molecule has 5 rings (SSSR count). The van der Waals surface area contributed by atoms with Gasteiger partial charge in [-0.25, -0.2) is 9.97 Å². The van der Waals surface area contributed by atoms with Crippen molar-refractivity contribution >= 4 is 40.0 Å². The lowest BCUT2D eigenvalue weighted by Crippen LogP contribution is -2.21. The number of fused-ring (bicyclic) bond motifs is 1. The molecule has 0 aliphatic rings. The maximum Gasteiger partial charge on any atom is 0.257 e. The molecule has 5 aromatic rings. The van der Waals surface area contributed by atoms with E-state index >= 15 is 0 Å². The molecule has 9 heteroatoms. The van der Waals surface area contributed by atoms with Gasteiger partial charge in [0.1, 0.15) is 5.82 Å². The van der Waals surface area contributed by atoms with Crippen molar-refractivity contribution < 1.29 is 9.59 Å². The number of hydrogen-bond acceptors (Lipinski definition) is 6. The highest BCUT2D eigenvalue weighted by molar-refractivity contribution is 6.11. The Balaban J connectivity index is 1.27. The molecule has 0 radical (unpaired) electrons. The first kappa shape index (κ1) is 22.7. The molecule has 0 bridgehead atoms. The predicted molar refractivity (Wildman–Crippen MR) is 139 cm³/mol. The summed E-state index contributed by atoms with van der Waals surface area (Å²) in [5.41, 5.74) is 5.66. The Labute approximate surface area is 207 Å². The number of H-pyrrole nitrogens is 1. The molecule has 0 fully saturated rings. The van der Waals surface area contributed by atoms with E-state index in [2.05, 4.69) is 30.6 Å². The summed E-state index contributed by atoms with van der Waals surface area (Å²) in [6.45, 7) is 0. The zero-order chi connectivity index (χ0) is 25.1. The van der Waals surface area contributed by atoms with E-state index in [-0.39, 0.29) is 11.8 Å². The molecular weight excluding hydrogens is 454 g/mol. The normalized spacial score (nSPS) is 10.7. The highest BCUT2D eigenvalue weighted by atomic mass is 16.2. The van der Waals surface area contributed by atoms with Crippen LogP contribution < -0.4 is 10.6 Å². The number of aromatic amines is 1. The van der Waals surface area contributed by atoms with Crippen LogP contribution >= 0.6 is 0 Å². The van der Waals surface area contributed by atoms with Gasteiger partial charge in [-0.3, -0.25) is 14.6 Å². The van der Waals surface area contributed by atoms with Crippen LogP contribution in [0, 0.1) is 0 Å². The Hall–Kier alpha value is -5.05. The van der Waals surface area contributed by atoms with Crippen LogP contribution in [0.15, 0.2) is 85.6 Å². The number of carbonyl (C=O) groups excluding carboxylic acids is 2. The molecular formula is C27H23N7O2. The lowest BCUT2D eigenvalue weighted by atomic mass is 10.1. The molecule has 2 amide bonds. The molecule has 3 heterocycles. The Morgan fingerprint density at radius 3 is 2.39 bits per heavy atom. The van der Waals surface area contributed by atoms with Crippen LogP contribution in [0.3, 0.4) is 0 Å². The van der Waals surface area contributed by atoms with Crippen LogP contribution in [0.25, 0.3) is 22.2 Å². The van der Waals surface area contributed by atoms with Crippen molar-refractivity contribution in [3.05, 3.63) is 96.7 Å². The van der Waals surface area contributed by atoms with E-state index in [0.717, 1.165) is 16.6 Å². The molecule has 3 aromatic heterocycles. The van der Waals surface area contributed by atoms with Crippen molar-refractivity contribution in [1.29, 1.82) is 0 Å². The average Bonchev–Trinajstić information content (AvgIpc) is 3.38. The standard InChI is InChI=1S/C27H23N7O2/c1-34(2)27(36)18-8-6-17(7-9-18)19-10-11-24(29-13-19)32-20-12-21(15-28-14-20)33-26(35)22-4-3-5-23-25(22)31-16-30-23/h3-16H,1-2H3,(H,29,32)(H,30,31)(H,33,35). The SMILES string of the molecule is CN(C)C(=O)c1ccc(-c2ccc(Nc3cncc(NC(=O)c4cccc5nc[nH]c45)c3)nc2)cc1. The lowest BCUT2D eigenvalue weighted by Gasteiger charge is -2.11. The molecule has 2 aromatic carbocycles. The van der Waals surface area contributed by atoms with E-state index in [1.807, 2.05) is 42.5 Å². The Kier molecular flexibility index (Phi) is 6.10. The number of nitrogens with one attached hydrogen (secondary N) is 3. The van der Waals surface area contributed by atoms with Gasteiger partial charge in [-0.05, 0) is 48.0 Å². The van der Waals surface area contributed by atoms with E-state index in [9.17, 15) is 9.59 Å². The highest BCUT2D eigenvalue weighted by Gasteiger charge is 2.12. The Morgan fingerprint density at radius 1 is 0.861 bits per heavy atom. The van der Waals surface area contributed by atoms with Crippen molar-refractivity contribution in [2.45, 2.75) is 0 Å². The second-order valence-corrected chi connectivity index (χ2v) is 8.35. The molecule has 0 saturated carbocycles. The Bertz CT molecular complexity index is 1540. The number of pyridine rings is 2. The summed E-state index contributed by atoms with van der Waals surface area (Å²) in [6, 6.07) is 18.4. The van der Waals surface area contributed by atoms with E-state index < -0.39 is 0 Å². The largest absolute Gasteiger partial charge is 0.345 e. The minimum absolute atomic E-state index is 0.0374. The van der Waals surface area contributed by atoms with Crippen LogP contribution in [0.4, 0.5) is 17.2 Å². The molecule has 0 unspecified atom stereocenters. The quantitative estimate of drug-likeness (QED) is 0.326. The molecule has 0 aliphatic carbocycles. The zero-order valence-corrected chi connectivity index (χ0v) is 19.7. The van der Waals surface area contributed by atoms with Gasteiger partial charge < -0.3 is 20.5 Å². The smallest absolute Gasteiger partial charge is 0.257 e. The summed E-state index contributed by atoms with van der Waals surface area (Å²) >= 11 is 0. The van der Waals surface area contributed by atoms with Gasteiger partial charge in [-0.1, -0.05) is 18.2 Å². The van der Waals surface area contributed by atoms with Crippen LogP contribution in [0.2, 0.25) is 0 Å². The van der Waals surface area contributed by atoms with Crippen molar-refractivity contribution in [3.8, 4) is 11.1 Å². The van der Waals surface area contributed by atoms with E-state index in [1.54, 1.807) is 62.1 Å². The van der Waals surface area contributed by atoms with Crippen molar-refractivity contribution in [3.63, 3.8) is 0 Å². The van der Waals surface area contributed by atoms with Gasteiger partial charge in [-0.15, -0.1) is 0 Å². The van der Waals surface area contributed by atoms with Gasteiger partial charge in [0.25, 0.3) is 11.8 Å². The van der Waals surface area contributed by atoms with Gasteiger partial charge in [0, 0.05) is 31.4 Å². The molecule has 36 heavy (non-hydrogen) atoms. The number of hydrogen-bond donors (Lipinski definition) is 3. The Morgan fingerprint density at radius 2 is 1.64 bits per heavy atom. The number of carbonyl (C=O) groups is 2. The van der Waals surface area contributed by atoms with E-state index in [4.69, 9.17) is 0 Å². The molecule has 0 aliphatic heterocycles. The highest BCUT2D eigenvalue weighted by Crippen LogP contribution is 2.23. The third-order valence-electron chi connectivity index (χ3n) is 5.60. The number of anilines is 3. The van der Waals surface area contributed by atoms with Crippen LogP contribution in [-0.2, 0) is 0 Å². The first-order valence-corrected chi connectivity index (χ1v) is 11.2. The van der Waals surface area contributed by atoms with Gasteiger partial charge in [0.15, 0.2) is 0 Å². The summed E-state index contributed by atoms with van der Waals surface area (Å²) in [4.78, 5) is 42.4. The fraction of sp³-hybridized carbons (Fsp3) is 0.0741. The van der Waals surface area contributed by atoms with Gasteiger partial charge in [0.2, 0.25) is 0 Å². The second kappa shape index (κ2) is 9.67. The molecule has 0 atom stereocenters. The minimum Gasteiger partial charge on any atom is -0.345 e. The predicted octanol–water partition coefficient (Wildman–Crippen LogP) is 4.72. The molecule has 3 N–H and O–H groups in total. The van der Waals surface area contributed by atoms with Crippen molar-refractivity contribution in [2.24, 2.45) is 0 Å². The van der Waals surface area contributed by atoms with E-state index in [0.29, 0.717) is 33.8 Å². The maximum absolute atomic E-state index is 12.8. The second-order valence-electron chi connectivity index (χ2n) is 8.35. The number of imidazole rings is 1. The summed E-state index contributed by atoms with van der Waals surface area (Å²) < 4.78 is 0. The lowest BCUT2D eigenvalue weighted by molar-refractivity contribution is 0.0827. The molecule has 0 saturated heterocycles. The molecule has 0 spiro atoms. The number of benzene rings is 2. The number of amides is 2. The van der Waals surface area contributed by atoms with Gasteiger partial charge in [-0.2, -0.15) is 0 Å². The minimum atomic E-state index is -0.260. The van der Waals surface area contributed by atoms with Gasteiger partial charge >= 0.3 is 0 Å². The topological polar surface area (TPSA) is 116 Å².